The molecule has 9 heteroatoms. The van der Waals surface area contributed by atoms with Crippen LogP contribution in [0.1, 0.15) is 42.4 Å². The minimum absolute atomic E-state index is 0.0259. The summed E-state index contributed by atoms with van der Waals surface area (Å²) in [5, 5.41) is 18.9. The van der Waals surface area contributed by atoms with Crippen molar-refractivity contribution < 1.29 is 9.72 Å². The molecule has 1 N–H and O–H groups in total. The molecule has 0 fully saturated rings. The van der Waals surface area contributed by atoms with Crippen molar-refractivity contribution in [3.8, 4) is 5.13 Å². The van der Waals surface area contributed by atoms with Gasteiger partial charge in [-0.05, 0) is 36.1 Å². The molecule has 0 aliphatic rings. The number of rotatable bonds is 4. The minimum atomic E-state index is -0.530. The molecule has 0 bridgehead atoms. The first-order chi connectivity index (χ1) is 14.6. The highest BCUT2D eigenvalue weighted by Crippen LogP contribution is 2.31. The molecule has 4 rings (SSSR count). The molecule has 0 radical (unpaired) electrons. The number of hydrogen-bond donors (Lipinski definition) is 1. The summed E-state index contributed by atoms with van der Waals surface area (Å²) < 4.78 is 2.62. The van der Waals surface area contributed by atoms with E-state index in [-0.39, 0.29) is 16.7 Å². The molecule has 0 spiro atoms. The van der Waals surface area contributed by atoms with Crippen molar-refractivity contribution in [3.63, 3.8) is 0 Å². The van der Waals surface area contributed by atoms with Gasteiger partial charge in [0.15, 0.2) is 0 Å². The summed E-state index contributed by atoms with van der Waals surface area (Å²) in [5.74, 6) is -0.00918. The predicted molar refractivity (Wildman–Crippen MR) is 121 cm³/mol. The van der Waals surface area contributed by atoms with Crippen LogP contribution in [0.25, 0.3) is 15.3 Å². The van der Waals surface area contributed by atoms with Gasteiger partial charge in [-0.25, -0.2) is 4.98 Å². The lowest BCUT2D eigenvalue weighted by molar-refractivity contribution is -0.384. The molecule has 0 aliphatic carbocycles. The molecule has 2 aromatic heterocycles. The number of non-ortho nitro benzene ring substituents is 1. The molecule has 0 saturated carbocycles. The zero-order valence-electron chi connectivity index (χ0n) is 17.5. The number of anilines is 1. The second kappa shape index (κ2) is 7.59. The molecule has 2 heterocycles. The summed E-state index contributed by atoms with van der Waals surface area (Å²) >= 11 is 1.49. The average molecular weight is 436 g/mol. The van der Waals surface area contributed by atoms with E-state index in [4.69, 9.17) is 0 Å². The van der Waals surface area contributed by atoms with Gasteiger partial charge < -0.3 is 5.32 Å². The standard InChI is InChI=1S/C22H21N5O3S/c1-13-10-19(24-20(28)14-6-5-7-16(11-14)27(29)30)26(25-13)21-23-17-9-8-15(22(2,3)4)12-18(17)31-21/h5-12H,1-4H3,(H,24,28). The highest BCUT2D eigenvalue weighted by Gasteiger charge is 2.19. The molecule has 8 nitrogen and oxygen atoms in total. The Kier molecular flexibility index (Phi) is 5.06. The fourth-order valence-corrected chi connectivity index (χ4v) is 4.12. The van der Waals surface area contributed by atoms with E-state index in [0.29, 0.717) is 16.6 Å². The first kappa shape index (κ1) is 20.7. The van der Waals surface area contributed by atoms with E-state index in [2.05, 4.69) is 48.3 Å². The van der Waals surface area contributed by atoms with Crippen LogP contribution in [0.3, 0.4) is 0 Å². The van der Waals surface area contributed by atoms with Crippen LogP contribution >= 0.6 is 11.3 Å². The Bertz CT molecular complexity index is 1320. The van der Waals surface area contributed by atoms with Gasteiger partial charge in [0.05, 0.1) is 20.8 Å². The number of carbonyl (C=O) groups is 1. The fourth-order valence-electron chi connectivity index (χ4n) is 3.15. The van der Waals surface area contributed by atoms with Crippen LogP contribution in [0.4, 0.5) is 11.5 Å². The Hall–Kier alpha value is -3.59. The molecule has 4 aromatic rings. The molecular weight excluding hydrogens is 414 g/mol. The van der Waals surface area contributed by atoms with E-state index in [1.807, 2.05) is 13.0 Å². The third kappa shape index (κ3) is 4.17. The van der Waals surface area contributed by atoms with Crippen molar-refractivity contribution in [2.45, 2.75) is 33.1 Å². The Balaban J connectivity index is 1.68. The molecule has 1 amide bonds. The van der Waals surface area contributed by atoms with Crippen LogP contribution in [0.15, 0.2) is 48.5 Å². The van der Waals surface area contributed by atoms with E-state index in [9.17, 15) is 14.9 Å². The number of amides is 1. The molecule has 31 heavy (non-hydrogen) atoms. The average Bonchev–Trinajstić information content (AvgIpc) is 3.29. The summed E-state index contributed by atoms with van der Waals surface area (Å²) in [6, 6.07) is 13.5. The van der Waals surface area contributed by atoms with Gasteiger partial charge in [0.25, 0.3) is 11.6 Å². The molecule has 2 aromatic carbocycles. The van der Waals surface area contributed by atoms with Gasteiger partial charge in [-0.3, -0.25) is 14.9 Å². The van der Waals surface area contributed by atoms with E-state index in [1.165, 1.54) is 41.2 Å². The van der Waals surface area contributed by atoms with Crippen LogP contribution in [-0.2, 0) is 5.41 Å². The highest BCUT2D eigenvalue weighted by atomic mass is 32.1. The van der Waals surface area contributed by atoms with Gasteiger partial charge in [-0.1, -0.05) is 44.2 Å². The maximum atomic E-state index is 12.7. The monoisotopic (exact) mass is 435 g/mol. The van der Waals surface area contributed by atoms with E-state index in [0.717, 1.165) is 10.2 Å². The number of aryl methyl sites for hydroxylation is 1. The van der Waals surface area contributed by atoms with Gasteiger partial charge in [-0.2, -0.15) is 9.78 Å². The Morgan fingerprint density at radius 3 is 2.65 bits per heavy atom. The van der Waals surface area contributed by atoms with Gasteiger partial charge >= 0.3 is 0 Å². The third-order valence-corrected chi connectivity index (χ3v) is 5.81. The quantitative estimate of drug-likeness (QED) is 0.348. The van der Waals surface area contributed by atoms with Crippen LogP contribution < -0.4 is 5.32 Å². The number of nitro groups is 1. The number of nitro benzene ring substituents is 1. The summed E-state index contributed by atoms with van der Waals surface area (Å²) in [7, 11) is 0. The number of benzene rings is 2. The van der Waals surface area contributed by atoms with Gasteiger partial charge in [0.1, 0.15) is 5.82 Å². The highest BCUT2D eigenvalue weighted by molar-refractivity contribution is 7.20. The lowest BCUT2D eigenvalue weighted by Gasteiger charge is -2.18. The predicted octanol–water partition coefficient (Wildman–Crippen LogP) is 5.25. The van der Waals surface area contributed by atoms with Crippen molar-refractivity contribution in [2.75, 3.05) is 5.32 Å². The third-order valence-electron chi connectivity index (χ3n) is 4.82. The van der Waals surface area contributed by atoms with Crippen molar-refractivity contribution in [1.82, 2.24) is 14.8 Å². The maximum absolute atomic E-state index is 12.7. The van der Waals surface area contributed by atoms with Crippen LogP contribution in [0, 0.1) is 17.0 Å². The lowest BCUT2D eigenvalue weighted by atomic mass is 9.87. The number of carbonyl (C=O) groups excluding carboxylic acids is 1. The lowest BCUT2D eigenvalue weighted by Crippen LogP contribution is -2.15. The number of aromatic nitrogens is 3. The van der Waals surface area contributed by atoms with E-state index >= 15 is 0 Å². The topological polar surface area (TPSA) is 103 Å². The van der Waals surface area contributed by atoms with Crippen molar-refractivity contribution >= 4 is 39.0 Å². The van der Waals surface area contributed by atoms with E-state index < -0.39 is 10.8 Å². The number of nitrogens with zero attached hydrogens (tertiary/aromatic N) is 4. The van der Waals surface area contributed by atoms with Crippen molar-refractivity contribution in [1.29, 1.82) is 0 Å². The zero-order valence-corrected chi connectivity index (χ0v) is 18.4. The number of nitrogens with one attached hydrogen (secondary N) is 1. The summed E-state index contributed by atoms with van der Waals surface area (Å²) in [6.07, 6.45) is 0. The van der Waals surface area contributed by atoms with Gasteiger partial charge in [0, 0.05) is 23.8 Å². The molecule has 0 saturated heterocycles. The summed E-state index contributed by atoms with van der Waals surface area (Å²) in [4.78, 5) is 27.9. The first-order valence-electron chi connectivity index (χ1n) is 9.66. The molecule has 0 aliphatic heterocycles. The molecule has 0 atom stereocenters. The maximum Gasteiger partial charge on any atom is 0.270 e. The number of hydrogen-bond acceptors (Lipinski definition) is 6. The molecular formula is C22H21N5O3S. The first-order valence-corrected chi connectivity index (χ1v) is 10.5. The Morgan fingerprint density at radius 1 is 1.16 bits per heavy atom. The Labute approximate surface area is 182 Å². The van der Waals surface area contributed by atoms with Crippen LogP contribution in [0.2, 0.25) is 0 Å². The zero-order chi connectivity index (χ0) is 22.3. The SMILES string of the molecule is Cc1cc(NC(=O)c2cccc([N+](=O)[O-])c2)n(-c2nc3ccc(C(C)(C)C)cc3s2)n1. The molecule has 0 unspecified atom stereocenters. The fraction of sp³-hybridized carbons (Fsp3) is 0.227. The minimum Gasteiger partial charge on any atom is -0.306 e. The normalized spacial score (nSPS) is 11.6. The van der Waals surface area contributed by atoms with Crippen molar-refractivity contribution in [3.05, 3.63) is 75.5 Å². The van der Waals surface area contributed by atoms with Crippen molar-refractivity contribution in [2.24, 2.45) is 0 Å². The smallest absolute Gasteiger partial charge is 0.270 e. The largest absolute Gasteiger partial charge is 0.306 e. The molecule has 158 valence electrons. The van der Waals surface area contributed by atoms with Gasteiger partial charge in [0.2, 0.25) is 5.13 Å². The summed E-state index contributed by atoms with van der Waals surface area (Å²) in [6.45, 7) is 8.31. The second-order valence-electron chi connectivity index (χ2n) is 8.27. The van der Waals surface area contributed by atoms with Crippen LogP contribution in [0.5, 0.6) is 0 Å². The Morgan fingerprint density at radius 2 is 1.94 bits per heavy atom. The number of fused-ring (bicyclic) bond motifs is 1. The van der Waals surface area contributed by atoms with Crippen LogP contribution in [-0.4, -0.2) is 25.6 Å². The summed E-state index contributed by atoms with van der Waals surface area (Å²) in [5.41, 5.74) is 2.86. The van der Waals surface area contributed by atoms with E-state index in [1.54, 1.807) is 10.7 Å². The second-order valence-corrected chi connectivity index (χ2v) is 9.28. The number of thiazole rings is 1. The van der Waals surface area contributed by atoms with Gasteiger partial charge in [-0.15, -0.1) is 0 Å².